The molecule has 1 aromatic carbocycles. The van der Waals surface area contributed by atoms with Gasteiger partial charge in [0.1, 0.15) is 0 Å². The molecular weight excluding hydrogens is 302 g/mol. The molecule has 0 amide bonds. The van der Waals surface area contributed by atoms with Crippen LogP contribution in [0.25, 0.3) is 0 Å². The molecule has 0 spiro atoms. The lowest BCUT2D eigenvalue weighted by atomic mass is 9.67. The number of hydrogen-bond acceptors (Lipinski definition) is 4. The highest BCUT2D eigenvalue weighted by Crippen LogP contribution is 2.52. The number of methoxy groups -OCH3 is 1. The molecule has 4 nitrogen and oxygen atoms in total. The first-order valence-corrected chi connectivity index (χ1v) is 7.92. The number of ether oxygens (including phenoxy) is 1. The van der Waals surface area contributed by atoms with E-state index >= 15 is 0 Å². The minimum Gasteiger partial charge on any atom is -0.384 e. The minimum absolute atomic E-state index is 0.0201. The Balaban J connectivity index is 2.05. The summed E-state index contributed by atoms with van der Waals surface area (Å²) in [7, 11) is -2.55. The van der Waals surface area contributed by atoms with E-state index in [2.05, 4.69) is 0 Å². The highest BCUT2D eigenvalue weighted by Gasteiger charge is 2.57. The van der Waals surface area contributed by atoms with E-state index < -0.39 is 34.3 Å². The van der Waals surface area contributed by atoms with E-state index in [-0.39, 0.29) is 18.1 Å². The Morgan fingerprint density at radius 3 is 2.19 bits per heavy atom. The van der Waals surface area contributed by atoms with Gasteiger partial charge < -0.3 is 4.74 Å². The fourth-order valence-corrected chi connectivity index (χ4v) is 3.58. The van der Waals surface area contributed by atoms with Crippen molar-refractivity contribution in [3.8, 4) is 0 Å². The molecule has 1 fully saturated rings. The predicted octanol–water partition coefficient (Wildman–Crippen LogP) is 2.76. The van der Waals surface area contributed by atoms with Gasteiger partial charge in [0.15, 0.2) is 0 Å². The molecule has 21 heavy (non-hydrogen) atoms. The molecule has 0 aliphatic heterocycles. The number of rotatable bonds is 6. The lowest BCUT2D eigenvalue weighted by Crippen LogP contribution is -2.51. The molecule has 0 unspecified atom stereocenters. The van der Waals surface area contributed by atoms with Gasteiger partial charge in [-0.25, -0.2) is 8.78 Å². The van der Waals surface area contributed by atoms with E-state index in [4.69, 9.17) is 8.92 Å². The Hall–Kier alpha value is -1.05. The molecule has 0 saturated heterocycles. The lowest BCUT2D eigenvalue weighted by Gasteiger charge is -2.46. The van der Waals surface area contributed by atoms with E-state index in [1.165, 1.54) is 19.2 Å². The summed E-state index contributed by atoms with van der Waals surface area (Å²) in [6, 6.07) is 6.17. The second-order valence-corrected chi connectivity index (χ2v) is 7.29. The monoisotopic (exact) mass is 320 g/mol. The van der Waals surface area contributed by atoms with E-state index in [0.717, 1.165) is 5.56 Å². The molecule has 1 saturated carbocycles. The topological polar surface area (TPSA) is 52.6 Å². The normalized spacial score (nSPS) is 20.0. The number of aryl methyl sites for hydroxylation is 1. The van der Waals surface area contributed by atoms with Crippen LogP contribution in [0.15, 0.2) is 29.2 Å². The third kappa shape index (κ3) is 3.78. The molecule has 2 rings (SSSR count). The molecule has 0 aromatic heterocycles. The Bertz CT molecular complexity index is 588. The van der Waals surface area contributed by atoms with Crippen LogP contribution in [0.5, 0.6) is 0 Å². The van der Waals surface area contributed by atoms with Crippen molar-refractivity contribution in [1.29, 1.82) is 0 Å². The first-order chi connectivity index (χ1) is 9.68. The van der Waals surface area contributed by atoms with Crippen molar-refractivity contribution >= 4 is 10.1 Å². The summed E-state index contributed by atoms with van der Waals surface area (Å²) in [6.45, 7) is 1.58. The smallest absolute Gasteiger partial charge is 0.296 e. The fourth-order valence-electron chi connectivity index (χ4n) is 2.57. The van der Waals surface area contributed by atoms with Gasteiger partial charge in [0.2, 0.25) is 5.92 Å². The highest BCUT2D eigenvalue weighted by atomic mass is 32.2. The zero-order valence-corrected chi connectivity index (χ0v) is 12.8. The summed E-state index contributed by atoms with van der Waals surface area (Å²) in [5, 5.41) is 0. The van der Waals surface area contributed by atoms with Gasteiger partial charge in [-0.15, -0.1) is 0 Å². The maximum absolute atomic E-state index is 13.1. The molecular formula is C14H18F2O4S. The summed E-state index contributed by atoms with van der Waals surface area (Å²) in [5.41, 5.74) is -0.0147. The van der Waals surface area contributed by atoms with Crippen molar-refractivity contribution < 1.29 is 26.1 Å². The Labute approximate surface area is 123 Å². The summed E-state index contributed by atoms with van der Waals surface area (Å²) in [4.78, 5) is 0.0201. The average molecular weight is 320 g/mol. The predicted molar refractivity (Wildman–Crippen MR) is 72.8 cm³/mol. The van der Waals surface area contributed by atoms with Crippen molar-refractivity contribution in [2.75, 3.05) is 20.3 Å². The van der Waals surface area contributed by atoms with Crippen molar-refractivity contribution in [2.24, 2.45) is 5.41 Å². The highest BCUT2D eigenvalue weighted by molar-refractivity contribution is 7.86. The van der Waals surface area contributed by atoms with Crippen LogP contribution in [0.3, 0.4) is 0 Å². The summed E-state index contributed by atoms with van der Waals surface area (Å²) < 4.78 is 60.1. The van der Waals surface area contributed by atoms with Gasteiger partial charge in [-0.05, 0) is 19.1 Å². The SMILES string of the molecule is COCC1(COS(=O)(=O)c2ccc(C)cc2)CC(F)(F)C1. The van der Waals surface area contributed by atoms with E-state index in [1.54, 1.807) is 12.1 Å². The third-order valence-electron chi connectivity index (χ3n) is 3.55. The molecule has 1 aliphatic carbocycles. The van der Waals surface area contributed by atoms with Gasteiger partial charge in [0.05, 0.1) is 18.1 Å². The lowest BCUT2D eigenvalue weighted by molar-refractivity contribution is -0.190. The van der Waals surface area contributed by atoms with E-state index in [9.17, 15) is 17.2 Å². The van der Waals surface area contributed by atoms with Gasteiger partial charge in [-0.1, -0.05) is 17.7 Å². The Morgan fingerprint density at radius 1 is 1.14 bits per heavy atom. The van der Waals surface area contributed by atoms with Crippen LogP contribution in [-0.2, 0) is 19.0 Å². The van der Waals surface area contributed by atoms with Gasteiger partial charge in [-0.2, -0.15) is 8.42 Å². The van der Waals surface area contributed by atoms with Gasteiger partial charge >= 0.3 is 0 Å². The number of halogens is 2. The van der Waals surface area contributed by atoms with Crippen LogP contribution in [0, 0.1) is 12.3 Å². The van der Waals surface area contributed by atoms with E-state index in [0.29, 0.717) is 0 Å². The van der Waals surface area contributed by atoms with Crippen LogP contribution in [0.2, 0.25) is 0 Å². The van der Waals surface area contributed by atoms with Crippen molar-refractivity contribution in [1.82, 2.24) is 0 Å². The minimum atomic E-state index is -3.94. The second-order valence-electron chi connectivity index (χ2n) is 5.67. The van der Waals surface area contributed by atoms with E-state index in [1.807, 2.05) is 6.92 Å². The van der Waals surface area contributed by atoms with Crippen LogP contribution in [0.1, 0.15) is 18.4 Å². The summed E-state index contributed by atoms with van der Waals surface area (Å²) in [5.74, 6) is -2.77. The summed E-state index contributed by atoms with van der Waals surface area (Å²) in [6.07, 6.45) is -0.839. The second kappa shape index (κ2) is 5.62. The molecule has 1 aromatic rings. The quantitative estimate of drug-likeness (QED) is 0.756. The summed E-state index contributed by atoms with van der Waals surface area (Å²) >= 11 is 0. The molecule has 0 N–H and O–H groups in total. The fraction of sp³-hybridized carbons (Fsp3) is 0.571. The van der Waals surface area contributed by atoms with Gasteiger partial charge in [0.25, 0.3) is 10.1 Å². The Kier molecular flexibility index (Phi) is 4.37. The van der Waals surface area contributed by atoms with Crippen LogP contribution in [-0.4, -0.2) is 34.7 Å². The molecule has 0 radical (unpaired) electrons. The molecule has 0 heterocycles. The standard InChI is InChI=1S/C14H18F2O4S/c1-11-3-5-12(6-4-11)21(17,18)20-10-13(9-19-2)7-14(15,16)8-13/h3-6H,7-10H2,1-2H3. The van der Waals surface area contributed by atoms with Crippen molar-refractivity contribution in [3.05, 3.63) is 29.8 Å². The van der Waals surface area contributed by atoms with Crippen LogP contribution in [0.4, 0.5) is 8.78 Å². The maximum atomic E-state index is 13.1. The zero-order valence-electron chi connectivity index (χ0n) is 11.9. The van der Waals surface area contributed by atoms with Crippen molar-refractivity contribution in [3.63, 3.8) is 0 Å². The largest absolute Gasteiger partial charge is 0.384 e. The molecule has 0 atom stereocenters. The first-order valence-electron chi connectivity index (χ1n) is 6.51. The van der Waals surface area contributed by atoms with Crippen LogP contribution >= 0.6 is 0 Å². The van der Waals surface area contributed by atoms with Gasteiger partial charge in [0, 0.05) is 25.4 Å². The molecule has 7 heteroatoms. The molecule has 118 valence electrons. The first kappa shape index (κ1) is 16.3. The third-order valence-corrected chi connectivity index (χ3v) is 4.83. The zero-order chi connectivity index (χ0) is 15.7. The number of alkyl halides is 2. The maximum Gasteiger partial charge on any atom is 0.296 e. The number of hydrogen-bond donors (Lipinski definition) is 0. The number of benzene rings is 1. The van der Waals surface area contributed by atoms with Gasteiger partial charge in [-0.3, -0.25) is 4.18 Å². The van der Waals surface area contributed by atoms with Crippen molar-refractivity contribution in [2.45, 2.75) is 30.6 Å². The molecule has 0 bridgehead atoms. The Morgan fingerprint density at radius 2 is 1.71 bits per heavy atom. The average Bonchev–Trinajstić information content (AvgIpc) is 2.35. The van der Waals surface area contributed by atoms with Crippen LogP contribution < -0.4 is 0 Å². The molecule has 1 aliphatic rings.